The van der Waals surface area contributed by atoms with Crippen molar-refractivity contribution in [3.8, 4) is 0 Å². The smallest absolute Gasteiger partial charge is 0.407 e. The number of ether oxygens (including phenoxy) is 1. The van der Waals surface area contributed by atoms with Gasteiger partial charge in [-0.05, 0) is 25.2 Å². The van der Waals surface area contributed by atoms with Crippen LogP contribution in [0.1, 0.15) is 19.3 Å². The van der Waals surface area contributed by atoms with E-state index in [0.29, 0.717) is 0 Å². The average molecular weight is 255 g/mol. The van der Waals surface area contributed by atoms with Gasteiger partial charge >= 0.3 is 6.09 Å². The molecule has 7 heteroatoms. The van der Waals surface area contributed by atoms with E-state index in [1.807, 2.05) is 0 Å². The van der Waals surface area contributed by atoms with Gasteiger partial charge < -0.3 is 20.7 Å². The largest absolute Gasteiger partial charge is 0.453 e. The normalized spacial score (nSPS) is 29.2. The lowest BCUT2D eigenvalue weighted by Crippen LogP contribution is -2.53. The minimum absolute atomic E-state index is 0.0828. The first-order valence-corrected chi connectivity index (χ1v) is 5.97. The molecule has 2 fully saturated rings. The first kappa shape index (κ1) is 12.7. The van der Waals surface area contributed by atoms with E-state index < -0.39 is 18.0 Å². The fraction of sp³-hybridized carbons (Fsp3) is 0.727. The number of piperidine rings is 1. The minimum Gasteiger partial charge on any atom is -0.453 e. The summed E-state index contributed by atoms with van der Waals surface area (Å²) in [5, 5.41) is 2.32. The van der Waals surface area contributed by atoms with Gasteiger partial charge in [0.25, 0.3) is 0 Å². The third kappa shape index (κ3) is 2.12. The molecule has 3 N–H and O–H groups in total. The number of rotatable bonds is 3. The molecule has 3 atom stereocenters. The molecule has 0 aromatic heterocycles. The molecule has 0 radical (unpaired) electrons. The van der Waals surface area contributed by atoms with Crippen molar-refractivity contribution in [2.45, 2.75) is 31.3 Å². The van der Waals surface area contributed by atoms with Gasteiger partial charge in [-0.25, -0.2) is 4.79 Å². The maximum atomic E-state index is 12.0. The quantitative estimate of drug-likeness (QED) is 0.689. The maximum absolute atomic E-state index is 12.0. The van der Waals surface area contributed by atoms with Gasteiger partial charge in [0, 0.05) is 6.04 Å². The molecular weight excluding hydrogens is 238 g/mol. The van der Waals surface area contributed by atoms with Crippen LogP contribution in [0.2, 0.25) is 0 Å². The molecule has 2 rings (SSSR count). The molecule has 1 heterocycles. The number of carbonyl (C=O) groups excluding carboxylic acids is 3. The Morgan fingerprint density at radius 2 is 2.11 bits per heavy atom. The lowest BCUT2D eigenvalue weighted by atomic mass is 9.98. The third-order valence-corrected chi connectivity index (χ3v) is 3.73. The lowest BCUT2D eigenvalue weighted by Gasteiger charge is -2.33. The fourth-order valence-electron chi connectivity index (χ4n) is 3.02. The average Bonchev–Trinajstić information content (AvgIpc) is 2.95. The van der Waals surface area contributed by atoms with E-state index in [0.717, 1.165) is 19.3 Å². The number of amides is 3. The Kier molecular flexibility index (Phi) is 3.40. The molecular formula is C11H17N3O4. The van der Waals surface area contributed by atoms with E-state index in [1.54, 1.807) is 0 Å². The molecule has 18 heavy (non-hydrogen) atoms. The number of likely N-dealkylation sites (tertiary alicyclic amines) is 1. The van der Waals surface area contributed by atoms with E-state index in [-0.39, 0.29) is 24.4 Å². The predicted octanol–water partition coefficient (Wildman–Crippen LogP) is -0.793. The number of hydrogen-bond acceptors (Lipinski definition) is 4. The summed E-state index contributed by atoms with van der Waals surface area (Å²) in [5.74, 6) is -0.570. The molecule has 1 aliphatic heterocycles. The highest BCUT2D eigenvalue weighted by Gasteiger charge is 2.50. The molecule has 2 bridgehead atoms. The Labute approximate surface area is 105 Å². The van der Waals surface area contributed by atoms with Gasteiger partial charge in [0.1, 0.15) is 12.6 Å². The van der Waals surface area contributed by atoms with Crippen LogP contribution in [0, 0.1) is 5.92 Å². The number of nitrogens with one attached hydrogen (secondary N) is 1. The van der Waals surface area contributed by atoms with Crippen molar-refractivity contribution < 1.29 is 19.1 Å². The van der Waals surface area contributed by atoms with Gasteiger partial charge in [-0.2, -0.15) is 0 Å². The van der Waals surface area contributed by atoms with Gasteiger partial charge in [0.2, 0.25) is 11.8 Å². The monoisotopic (exact) mass is 255 g/mol. The highest BCUT2D eigenvalue weighted by Crippen LogP contribution is 2.42. The molecule has 0 spiro atoms. The summed E-state index contributed by atoms with van der Waals surface area (Å²) >= 11 is 0. The van der Waals surface area contributed by atoms with Crippen LogP contribution in [-0.4, -0.2) is 48.5 Å². The van der Waals surface area contributed by atoms with Gasteiger partial charge in [-0.3, -0.25) is 9.59 Å². The topological polar surface area (TPSA) is 102 Å². The first-order chi connectivity index (χ1) is 8.54. The zero-order chi connectivity index (χ0) is 13.3. The second-order valence-electron chi connectivity index (χ2n) is 4.72. The number of methoxy groups -OCH3 is 1. The number of nitrogens with zero attached hydrogens (tertiary/aromatic N) is 1. The number of nitrogens with two attached hydrogens (primary N) is 1. The van der Waals surface area contributed by atoms with E-state index >= 15 is 0 Å². The van der Waals surface area contributed by atoms with E-state index in [2.05, 4.69) is 10.1 Å². The molecule has 0 aromatic rings. The van der Waals surface area contributed by atoms with Crippen molar-refractivity contribution in [2.24, 2.45) is 11.7 Å². The lowest BCUT2D eigenvalue weighted by molar-refractivity contribution is -0.140. The standard InChI is InChI=1S/C11H17N3O4/c1-18-11(17)13-5-8(15)14-7-3-2-6(4-7)9(14)10(12)16/h6-7,9H,2-5H2,1H3,(H2,12,16)(H,13,17). The van der Waals surface area contributed by atoms with Crippen molar-refractivity contribution in [2.75, 3.05) is 13.7 Å². The molecule has 7 nitrogen and oxygen atoms in total. The van der Waals surface area contributed by atoms with Crippen LogP contribution in [-0.2, 0) is 14.3 Å². The number of alkyl carbamates (subject to hydrolysis) is 1. The van der Waals surface area contributed by atoms with Gasteiger partial charge in [-0.1, -0.05) is 0 Å². The molecule has 100 valence electrons. The first-order valence-electron chi connectivity index (χ1n) is 5.97. The van der Waals surface area contributed by atoms with Crippen molar-refractivity contribution in [3.05, 3.63) is 0 Å². The van der Waals surface area contributed by atoms with Crippen LogP contribution in [0.25, 0.3) is 0 Å². The minimum atomic E-state index is -0.664. The van der Waals surface area contributed by atoms with Crippen LogP contribution in [0.15, 0.2) is 0 Å². The zero-order valence-corrected chi connectivity index (χ0v) is 10.2. The molecule has 3 amide bonds. The van der Waals surface area contributed by atoms with E-state index in [9.17, 15) is 14.4 Å². The number of carbonyl (C=O) groups is 3. The fourth-order valence-corrected chi connectivity index (χ4v) is 3.02. The van der Waals surface area contributed by atoms with Crippen LogP contribution >= 0.6 is 0 Å². The number of hydrogen-bond donors (Lipinski definition) is 2. The summed E-state index contributed by atoms with van der Waals surface area (Å²) in [4.78, 5) is 35.9. The molecule has 0 aromatic carbocycles. The van der Waals surface area contributed by atoms with E-state index in [4.69, 9.17) is 5.73 Å². The van der Waals surface area contributed by atoms with Crippen molar-refractivity contribution in [1.82, 2.24) is 10.2 Å². The molecule has 3 unspecified atom stereocenters. The van der Waals surface area contributed by atoms with Crippen molar-refractivity contribution in [1.29, 1.82) is 0 Å². The molecule has 1 saturated carbocycles. The van der Waals surface area contributed by atoms with Crippen LogP contribution in [0.5, 0.6) is 0 Å². The van der Waals surface area contributed by atoms with Gasteiger partial charge in [0.05, 0.1) is 7.11 Å². The SMILES string of the molecule is COC(=O)NCC(=O)N1C2CCC(C2)C1C(N)=O. The highest BCUT2D eigenvalue weighted by atomic mass is 16.5. The molecule has 2 aliphatic rings. The second-order valence-corrected chi connectivity index (χ2v) is 4.72. The number of primary amides is 1. The zero-order valence-electron chi connectivity index (χ0n) is 10.2. The third-order valence-electron chi connectivity index (χ3n) is 3.73. The van der Waals surface area contributed by atoms with Gasteiger partial charge in [0.15, 0.2) is 0 Å². The summed E-state index contributed by atoms with van der Waals surface area (Å²) in [7, 11) is 1.23. The summed E-state index contributed by atoms with van der Waals surface area (Å²) in [6.07, 6.45) is 2.01. The summed E-state index contributed by atoms with van der Waals surface area (Å²) < 4.78 is 4.39. The van der Waals surface area contributed by atoms with E-state index in [1.165, 1.54) is 12.0 Å². The maximum Gasteiger partial charge on any atom is 0.407 e. The predicted molar refractivity (Wildman–Crippen MR) is 61.4 cm³/mol. The van der Waals surface area contributed by atoms with Crippen LogP contribution in [0.3, 0.4) is 0 Å². The Balaban J connectivity index is 2.00. The van der Waals surface area contributed by atoms with Crippen LogP contribution < -0.4 is 11.1 Å². The second kappa shape index (κ2) is 4.83. The number of fused-ring (bicyclic) bond motifs is 2. The van der Waals surface area contributed by atoms with Crippen LogP contribution in [0.4, 0.5) is 4.79 Å². The van der Waals surface area contributed by atoms with Crippen molar-refractivity contribution in [3.63, 3.8) is 0 Å². The Hall–Kier alpha value is -1.79. The summed E-state index contributed by atoms with van der Waals surface area (Å²) in [6, 6.07) is -0.435. The molecule has 1 aliphatic carbocycles. The Morgan fingerprint density at radius 1 is 1.39 bits per heavy atom. The molecule has 1 saturated heterocycles. The summed E-state index contributed by atoms with van der Waals surface area (Å²) in [5.41, 5.74) is 5.35. The Bertz CT molecular complexity index is 384. The Morgan fingerprint density at radius 3 is 2.72 bits per heavy atom. The highest BCUT2D eigenvalue weighted by molar-refractivity contribution is 5.90. The van der Waals surface area contributed by atoms with Crippen molar-refractivity contribution >= 4 is 17.9 Å². The summed E-state index contributed by atoms with van der Waals surface area (Å²) in [6.45, 7) is -0.167. The van der Waals surface area contributed by atoms with Gasteiger partial charge in [-0.15, -0.1) is 0 Å².